The molecule has 0 spiro atoms. The third kappa shape index (κ3) is 5.28. The molecule has 0 bridgehead atoms. The Hall–Kier alpha value is -1.98. The second-order valence-corrected chi connectivity index (χ2v) is 6.68. The molecule has 2 aromatic carbocycles. The number of carbonyl (C=O) groups is 2. The van der Waals surface area contributed by atoms with Gasteiger partial charge in [0.2, 0.25) is 0 Å². The molecule has 1 atom stereocenters. The molecular formula is C18H16ClO4S-. The van der Waals surface area contributed by atoms with Gasteiger partial charge in [-0.2, -0.15) is 0 Å². The Morgan fingerprint density at radius 1 is 1.12 bits per heavy atom. The zero-order chi connectivity index (χ0) is 17.5. The summed E-state index contributed by atoms with van der Waals surface area (Å²) in [4.78, 5) is 24.4. The molecule has 4 nitrogen and oxygen atoms in total. The van der Waals surface area contributed by atoms with Crippen molar-refractivity contribution in [2.45, 2.75) is 23.5 Å². The van der Waals surface area contributed by atoms with Crippen molar-refractivity contribution in [2.75, 3.05) is 6.61 Å². The molecule has 0 saturated heterocycles. The summed E-state index contributed by atoms with van der Waals surface area (Å²) in [5.41, 5.74) is 0.446. The molecule has 0 aliphatic rings. The summed E-state index contributed by atoms with van der Waals surface area (Å²) in [6, 6.07) is 13.4. The maximum Gasteiger partial charge on any atom is 0.164 e. The van der Waals surface area contributed by atoms with E-state index in [1.165, 1.54) is 0 Å². The molecule has 0 aliphatic carbocycles. The summed E-state index contributed by atoms with van der Waals surface area (Å²) in [5.74, 6) is -0.857. The van der Waals surface area contributed by atoms with E-state index in [2.05, 4.69) is 0 Å². The van der Waals surface area contributed by atoms with Gasteiger partial charge in [-0.3, -0.25) is 4.79 Å². The van der Waals surface area contributed by atoms with Gasteiger partial charge in [0.05, 0.1) is 17.8 Å². The molecule has 0 unspecified atom stereocenters. The number of carbonyl (C=O) groups excluding carboxylic acids is 2. The van der Waals surface area contributed by atoms with Gasteiger partial charge >= 0.3 is 0 Å². The molecule has 0 N–H and O–H groups in total. The Labute approximate surface area is 149 Å². The Morgan fingerprint density at radius 3 is 2.29 bits per heavy atom. The largest absolute Gasteiger partial charge is 0.549 e. The van der Waals surface area contributed by atoms with Crippen molar-refractivity contribution in [1.29, 1.82) is 0 Å². The molecular weight excluding hydrogens is 348 g/mol. The van der Waals surface area contributed by atoms with Crippen LogP contribution in [0.2, 0.25) is 5.02 Å². The highest BCUT2D eigenvalue weighted by atomic mass is 35.5. The summed E-state index contributed by atoms with van der Waals surface area (Å²) in [7, 11) is 0. The lowest BCUT2D eigenvalue weighted by Gasteiger charge is -2.17. The molecule has 0 radical (unpaired) electrons. The highest BCUT2D eigenvalue weighted by Gasteiger charge is 2.18. The van der Waals surface area contributed by atoms with Crippen molar-refractivity contribution in [1.82, 2.24) is 0 Å². The average molecular weight is 364 g/mol. The zero-order valence-corrected chi connectivity index (χ0v) is 14.6. The fourth-order valence-electron chi connectivity index (χ4n) is 2.04. The average Bonchev–Trinajstić information content (AvgIpc) is 2.57. The maximum atomic E-state index is 12.3. The van der Waals surface area contributed by atoms with E-state index in [1.807, 2.05) is 6.92 Å². The van der Waals surface area contributed by atoms with Crippen LogP contribution in [0.5, 0.6) is 5.75 Å². The predicted octanol–water partition coefficient (Wildman–Crippen LogP) is 3.22. The second-order valence-electron chi connectivity index (χ2n) is 4.96. The minimum atomic E-state index is -1.27. The number of Topliss-reactive ketones (excluding diaryl/α,β-unsaturated/α-hetero) is 1. The van der Waals surface area contributed by atoms with Crippen LogP contribution in [0.25, 0.3) is 0 Å². The first-order valence-electron chi connectivity index (χ1n) is 7.38. The molecule has 0 heterocycles. The summed E-state index contributed by atoms with van der Waals surface area (Å²) in [6.45, 7) is 2.41. The summed E-state index contributed by atoms with van der Waals surface area (Å²) in [6.07, 6.45) is -0.149. The number of carboxylic acids is 1. The first-order valence-corrected chi connectivity index (χ1v) is 8.64. The molecule has 0 aliphatic heterocycles. The predicted molar refractivity (Wildman–Crippen MR) is 92.7 cm³/mol. The number of halogens is 1. The van der Waals surface area contributed by atoms with Crippen LogP contribution >= 0.6 is 23.4 Å². The third-order valence-corrected chi connectivity index (χ3v) is 4.65. The zero-order valence-electron chi connectivity index (χ0n) is 13.0. The van der Waals surface area contributed by atoms with Gasteiger partial charge in [-0.15, -0.1) is 11.8 Å². The van der Waals surface area contributed by atoms with Gasteiger partial charge in [-0.05, 0) is 55.5 Å². The molecule has 0 amide bonds. The van der Waals surface area contributed by atoms with Gasteiger partial charge in [-0.25, -0.2) is 0 Å². The van der Waals surface area contributed by atoms with Crippen molar-refractivity contribution >= 4 is 35.1 Å². The van der Waals surface area contributed by atoms with Crippen molar-refractivity contribution in [2.24, 2.45) is 0 Å². The van der Waals surface area contributed by atoms with Crippen LogP contribution in [0.15, 0.2) is 53.4 Å². The molecule has 0 fully saturated rings. The van der Waals surface area contributed by atoms with Gasteiger partial charge in [0.15, 0.2) is 5.78 Å². The number of ketones is 1. The van der Waals surface area contributed by atoms with Crippen LogP contribution < -0.4 is 9.84 Å². The number of hydrogen-bond donors (Lipinski definition) is 0. The van der Waals surface area contributed by atoms with Crippen LogP contribution in [0.4, 0.5) is 0 Å². The molecule has 0 aromatic heterocycles. The smallest absolute Gasteiger partial charge is 0.164 e. The Balaban J connectivity index is 2.05. The van der Waals surface area contributed by atoms with E-state index < -0.39 is 11.2 Å². The van der Waals surface area contributed by atoms with Gasteiger partial charge in [-0.1, -0.05) is 11.6 Å². The van der Waals surface area contributed by atoms with E-state index in [0.717, 1.165) is 11.8 Å². The van der Waals surface area contributed by atoms with Crippen molar-refractivity contribution in [3.05, 3.63) is 59.1 Å². The molecule has 6 heteroatoms. The van der Waals surface area contributed by atoms with Crippen molar-refractivity contribution in [3.63, 3.8) is 0 Å². The summed E-state index contributed by atoms with van der Waals surface area (Å²) < 4.78 is 5.32. The van der Waals surface area contributed by atoms with E-state index >= 15 is 0 Å². The quantitative estimate of drug-likeness (QED) is 0.532. The lowest BCUT2D eigenvalue weighted by Crippen LogP contribution is -2.35. The van der Waals surface area contributed by atoms with Crippen molar-refractivity contribution < 1.29 is 19.4 Å². The second kappa shape index (κ2) is 8.76. The van der Waals surface area contributed by atoms with Crippen LogP contribution in [-0.4, -0.2) is 23.6 Å². The summed E-state index contributed by atoms with van der Waals surface area (Å²) >= 11 is 6.88. The maximum absolute atomic E-state index is 12.3. The minimum absolute atomic E-state index is 0.149. The normalized spacial score (nSPS) is 11.8. The third-order valence-electron chi connectivity index (χ3n) is 3.21. The Morgan fingerprint density at radius 2 is 1.75 bits per heavy atom. The van der Waals surface area contributed by atoms with E-state index in [0.29, 0.717) is 27.8 Å². The SMILES string of the molecule is CCOc1ccc(C(=O)C[C@@H](Sc2ccc(Cl)cc2)C(=O)[O-])cc1. The first-order chi connectivity index (χ1) is 11.5. The number of thioether (sulfide) groups is 1. The Kier molecular flexibility index (Phi) is 6.70. The fourth-order valence-corrected chi connectivity index (χ4v) is 3.12. The van der Waals surface area contributed by atoms with E-state index in [-0.39, 0.29) is 12.2 Å². The lowest BCUT2D eigenvalue weighted by molar-refractivity contribution is -0.304. The van der Waals surface area contributed by atoms with E-state index in [4.69, 9.17) is 16.3 Å². The van der Waals surface area contributed by atoms with Crippen molar-refractivity contribution in [3.8, 4) is 5.75 Å². The highest BCUT2D eigenvalue weighted by molar-refractivity contribution is 8.00. The number of aliphatic carboxylic acids is 1. The molecule has 24 heavy (non-hydrogen) atoms. The van der Waals surface area contributed by atoms with E-state index in [1.54, 1.807) is 48.5 Å². The summed E-state index contributed by atoms with van der Waals surface area (Å²) in [5, 5.41) is 10.9. The molecule has 2 aromatic rings. The first kappa shape index (κ1) is 18.4. The molecule has 2 rings (SSSR count). The van der Waals surface area contributed by atoms with Crippen LogP contribution in [0, 0.1) is 0 Å². The van der Waals surface area contributed by atoms with Gasteiger partial charge in [0, 0.05) is 21.9 Å². The molecule has 126 valence electrons. The number of benzene rings is 2. The topological polar surface area (TPSA) is 66.4 Å². The Bertz CT molecular complexity index is 698. The monoisotopic (exact) mass is 363 g/mol. The van der Waals surface area contributed by atoms with Gasteiger partial charge in [0.1, 0.15) is 5.75 Å². The van der Waals surface area contributed by atoms with Crippen LogP contribution in [0.3, 0.4) is 0 Å². The number of ether oxygens (including phenoxy) is 1. The molecule has 0 saturated carbocycles. The van der Waals surface area contributed by atoms with Crippen LogP contribution in [0.1, 0.15) is 23.7 Å². The van der Waals surface area contributed by atoms with Gasteiger partial charge in [0.25, 0.3) is 0 Å². The number of rotatable bonds is 8. The van der Waals surface area contributed by atoms with E-state index in [9.17, 15) is 14.7 Å². The van der Waals surface area contributed by atoms with Gasteiger partial charge < -0.3 is 14.6 Å². The number of carboxylic acid groups (broad SMARTS) is 1. The van der Waals surface area contributed by atoms with Crippen LogP contribution in [-0.2, 0) is 4.79 Å². The fraction of sp³-hybridized carbons (Fsp3) is 0.222. The highest BCUT2D eigenvalue weighted by Crippen LogP contribution is 2.27. The standard InChI is InChI=1S/C18H17ClO4S/c1-2-23-14-7-3-12(4-8-14)16(20)11-17(18(21)22)24-15-9-5-13(19)6-10-15/h3-10,17H,2,11H2,1H3,(H,21,22)/p-1/t17-/m1/s1. The minimum Gasteiger partial charge on any atom is -0.549 e. The lowest BCUT2D eigenvalue weighted by atomic mass is 10.1. The number of hydrogen-bond acceptors (Lipinski definition) is 5.